The maximum absolute atomic E-state index is 3.06. The zero-order valence-corrected chi connectivity index (χ0v) is 17.5. The van der Waals surface area contributed by atoms with Gasteiger partial charge in [0.05, 0.1) is 0 Å². The fourth-order valence-corrected chi connectivity index (χ4v) is 2.37. The number of rotatable bonds is 0. The first-order valence-corrected chi connectivity index (χ1v) is 11.0. The molecule has 4 aromatic carbocycles. The van der Waals surface area contributed by atoms with Crippen molar-refractivity contribution in [2.24, 2.45) is 0 Å². The zero-order valence-electron chi connectivity index (χ0n) is 14.0. The Morgan fingerprint density at radius 3 is 1.61 bits per heavy atom. The molecular weight excluding hydrogens is 372 g/mol. The molecule has 0 saturated carbocycles. The van der Waals surface area contributed by atoms with Gasteiger partial charge in [0.1, 0.15) is 0 Å². The van der Waals surface area contributed by atoms with Crippen molar-refractivity contribution in [3.05, 3.63) is 99.3 Å². The fraction of sp³-hybridized carbons (Fsp3) is 0.0476. The maximum atomic E-state index is 3.06. The van der Waals surface area contributed by atoms with E-state index >= 15 is 0 Å². The Kier molecular flexibility index (Phi) is 10.7. The summed E-state index contributed by atoms with van der Waals surface area (Å²) in [5, 5.41) is 5.39. The van der Waals surface area contributed by atoms with Gasteiger partial charge in [-0.15, -0.1) is 39.7 Å². The number of aryl methyl sites for hydroxylation is 1. The first-order chi connectivity index (χ1) is 10.3. The second-order valence-corrected chi connectivity index (χ2v) is 4.78. The van der Waals surface area contributed by atoms with Crippen LogP contribution >= 0.6 is 0 Å². The monoisotopic (exact) mass is 392 g/mol. The van der Waals surface area contributed by atoms with Crippen molar-refractivity contribution in [3.63, 3.8) is 0 Å². The third-order valence-corrected chi connectivity index (χ3v) is 3.35. The molecule has 4 aromatic rings. The molecule has 0 fully saturated rings. The third-order valence-electron chi connectivity index (χ3n) is 3.35. The molecule has 0 N–H and O–H groups in total. The normalized spacial score (nSPS) is 8.70. The van der Waals surface area contributed by atoms with E-state index in [0.29, 0.717) is 0 Å². The molecule has 0 aliphatic rings. The first kappa shape index (κ1) is 21.8. The average Bonchev–Trinajstić information content (AvgIpc) is 3.16. The summed E-state index contributed by atoms with van der Waals surface area (Å²) in [6.07, 6.45) is 0. The quantitative estimate of drug-likeness (QED) is 0.256. The number of hydrogen-bond donors (Lipinski definition) is 0. The molecule has 2 radical (unpaired) electrons. The Labute approximate surface area is 157 Å². The molecule has 0 nitrogen and oxygen atoms in total. The van der Waals surface area contributed by atoms with Crippen LogP contribution in [0.2, 0.25) is 0 Å². The largest absolute Gasteiger partial charge is 0.126 e. The van der Waals surface area contributed by atoms with Crippen molar-refractivity contribution >= 4 is 28.4 Å². The molecule has 0 aliphatic heterocycles. The molecule has 0 saturated heterocycles. The van der Waals surface area contributed by atoms with Gasteiger partial charge in [0.25, 0.3) is 0 Å². The van der Waals surface area contributed by atoms with Crippen LogP contribution in [0.25, 0.3) is 21.5 Å². The summed E-state index contributed by atoms with van der Waals surface area (Å²) in [7, 11) is 0. The van der Waals surface area contributed by atoms with Crippen LogP contribution in [0.3, 0.4) is 0 Å². The molecule has 2 heteroatoms. The van der Waals surface area contributed by atoms with Gasteiger partial charge in [-0.2, -0.15) is 18.2 Å². The molecule has 23 heavy (non-hydrogen) atoms. The predicted octanol–water partition coefficient (Wildman–Crippen LogP) is 5.94. The molecule has 118 valence electrons. The minimum atomic E-state index is 0. The van der Waals surface area contributed by atoms with E-state index in [0.717, 1.165) is 0 Å². The summed E-state index contributed by atoms with van der Waals surface area (Å²) in [6, 6.07) is 27.5. The summed E-state index contributed by atoms with van der Waals surface area (Å²) < 4.78 is 0. The van der Waals surface area contributed by atoms with E-state index in [1.54, 1.807) is 0 Å². The summed E-state index contributed by atoms with van der Waals surface area (Å²) in [5.41, 5.74) is 1.34. The standard InChI is InChI=1S/C13H9.C6H7.2CH3.Si.Zr/c1-3-7-12-10(5-1)9-11-6-2-4-8-13(11)12;1-6-4-2-3-5-6;;;;/h1-9H;2-5H,1H3;2*1H3;;/q4*-1;;. The zero-order chi connectivity index (χ0) is 15.1. The molecule has 0 spiro atoms. The van der Waals surface area contributed by atoms with Gasteiger partial charge in [-0.1, -0.05) is 43.3 Å². The van der Waals surface area contributed by atoms with E-state index in [2.05, 4.69) is 80.5 Å². The van der Waals surface area contributed by atoms with E-state index in [1.165, 1.54) is 50.4 Å². The first-order valence-electron chi connectivity index (χ1n) is 6.81. The minimum Gasteiger partial charge on any atom is -0.126 e. The van der Waals surface area contributed by atoms with E-state index in [1.807, 2.05) is 12.1 Å². The summed E-state index contributed by atoms with van der Waals surface area (Å²) >= 11 is 1.36. The van der Waals surface area contributed by atoms with Crippen LogP contribution in [0.5, 0.6) is 0 Å². The number of fused-ring (bicyclic) bond motifs is 3. The van der Waals surface area contributed by atoms with Crippen molar-refractivity contribution in [2.75, 3.05) is 0 Å². The van der Waals surface area contributed by atoms with E-state index in [-0.39, 0.29) is 14.9 Å². The second kappa shape index (κ2) is 11.3. The molecule has 0 aliphatic carbocycles. The van der Waals surface area contributed by atoms with Crippen molar-refractivity contribution in [1.29, 1.82) is 0 Å². The minimum absolute atomic E-state index is 0. The molecule has 0 bridgehead atoms. The smallest absolute Gasteiger partial charge is 0.0771 e. The van der Waals surface area contributed by atoms with Crippen LogP contribution in [-0.4, -0.2) is 6.88 Å². The van der Waals surface area contributed by atoms with Gasteiger partial charge in [-0.05, 0) is 0 Å². The summed E-state index contributed by atoms with van der Waals surface area (Å²) in [4.78, 5) is 0. The Balaban J connectivity index is 0.000000418. The SMILES string of the molecule is Cc1cc[cH-]c1.[CH3-].[CH3-].[Si]=[Zr].c1ccc2c(c1)[cH-]c1ccccc12. The molecule has 0 unspecified atom stereocenters. The van der Waals surface area contributed by atoms with E-state index < -0.39 is 0 Å². The van der Waals surface area contributed by atoms with E-state index in [9.17, 15) is 0 Å². The fourth-order valence-electron chi connectivity index (χ4n) is 2.37. The van der Waals surface area contributed by atoms with Crippen molar-refractivity contribution in [3.8, 4) is 0 Å². The van der Waals surface area contributed by atoms with Crippen LogP contribution in [0.15, 0.2) is 78.9 Å². The van der Waals surface area contributed by atoms with Crippen molar-refractivity contribution in [1.82, 2.24) is 0 Å². The topological polar surface area (TPSA) is 0 Å². The number of benzene rings is 2. The van der Waals surface area contributed by atoms with Crippen LogP contribution in [-0.2, 0) is 23.3 Å². The van der Waals surface area contributed by atoms with Gasteiger partial charge in [-0.25, -0.2) is 11.6 Å². The van der Waals surface area contributed by atoms with Crippen LogP contribution < -0.4 is 0 Å². The van der Waals surface area contributed by atoms with E-state index in [4.69, 9.17) is 0 Å². The molecule has 0 amide bonds. The van der Waals surface area contributed by atoms with Crippen molar-refractivity contribution in [2.45, 2.75) is 6.92 Å². The van der Waals surface area contributed by atoms with Gasteiger partial charge in [0.2, 0.25) is 0 Å². The Hall–Kier alpha value is -1.24. The van der Waals surface area contributed by atoms with Crippen molar-refractivity contribution < 1.29 is 23.3 Å². The van der Waals surface area contributed by atoms with Gasteiger partial charge in [0, 0.05) is 0 Å². The van der Waals surface area contributed by atoms with Gasteiger partial charge in [0.15, 0.2) is 0 Å². The Morgan fingerprint density at radius 1 is 0.783 bits per heavy atom. The van der Waals surface area contributed by atoms with Crippen LogP contribution in [0.4, 0.5) is 0 Å². The molecule has 0 aromatic heterocycles. The average molecular weight is 394 g/mol. The third kappa shape index (κ3) is 5.71. The van der Waals surface area contributed by atoms with Gasteiger partial charge in [-0.3, -0.25) is 0 Å². The molecule has 0 heterocycles. The van der Waals surface area contributed by atoms with Gasteiger partial charge < -0.3 is 14.9 Å². The van der Waals surface area contributed by atoms with Crippen LogP contribution in [0, 0.1) is 21.8 Å². The maximum Gasteiger partial charge on any atom is -0.0771 e. The van der Waals surface area contributed by atoms with Gasteiger partial charge >= 0.3 is 30.2 Å². The Morgan fingerprint density at radius 2 is 1.26 bits per heavy atom. The summed E-state index contributed by atoms with van der Waals surface area (Å²) in [5.74, 6) is 0. The number of hydrogen-bond acceptors (Lipinski definition) is 0. The Bertz CT molecular complexity index is 747. The predicted molar refractivity (Wildman–Crippen MR) is 102 cm³/mol. The molecular formula is C21H22SiZr-4. The van der Waals surface area contributed by atoms with Crippen LogP contribution in [0.1, 0.15) is 5.56 Å². The molecule has 4 rings (SSSR count). The summed E-state index contributed by atoms with van der Waals surface area (Å²) in [6.45, 7) is 5.15. The second-order valence-electron chi connectivity index (χ2n) is 4.78. The molecule has 0 atom stereocenters.